The molecule has 0 radical (unpaired) electrons. The summed E-state index contributed by atoms with van der Waals surface area (Å²) in [5.74, 6) is 0.735. The van der Waals surface area contributed by atoms with Crippen LogP contribution < -0.4 is 0 Å². The highest BCUT2D eigenvalue weighted by molar-refractivity contribution is 7.86. The molecule has 0 aliphatic carbocycles. The second-order valence-electron chi connectivity index (χ2n) is 7.25. The number of ether oxygens (including phenoxy) is 5. The zero-order valence-electron chi connectivity index (χ0n) is 19.7. The summed E-state index contributed by atoms with van der Waals surface area (Å²) in [5.41, 5.74) is 0.984. The Hall–Kier alpha value is -0.780. The van der Waals surface area contributed by atoms with Crippen LogP contribution in [0.5, 0.6) is 0 Å². The van der Waals surface area contributed by atoms with E-state index in [1.807, 2.05) is 6.92 Å². The van der Waals surface area contributed by atoms with Gasteiger partial charge in [-0.25, -0.2) is 0 Å². The van der Waals surface area contributed by atoms with E-state index in [-0.39, 0.29) is 18.1 Å². The minimum Gasteiger partial charge on any atom is -0.379 e. The fourth-order valence-electron chi connectivity index (χ4n) is 2.61. The van der Waals surface area contributed by atoms with Crippen molar-refractivity contribution in [1.29, 1.82) is 0 Å². The van der Waals surface area contributed by atoms with Crippen molar-refractivity contribution in [2.75, 3.05) is 78.6 Å². The van der Waals surface area contributed by atoms with Crippen molar-refractivity contribution in [2.24, 2.45) is 0 Å². The molecule has 1 aromatic rings. The van der Waals surface area contributed by atoms with Gasteiger partial charge in [-0.1, -0.05) is 30.5 Å². The van der Waals surface area contributed by atoms with Crippen LogP contribution in [0, 0.1) is 6.92 Å². The van der Waals surface area contributed by atoms with Gasteiger partial charge in [0.1, 0.15) is 0 Å². The molecule has 1 aromatic carbocycles. The maximum absolute atomic E-state index is 12.0. The molecule has 0 amide bonds. The number of alkyl halides is 1. The molecule has 1 rings (SSSR count). The number of hydrogen-bond donors (Lipinski definition) is 0. The van der Waals surface area contributed by atoms with Crippen molar-refractivity contribution in [2.45, 2.75) is 37.5 Å². The summed E-state index contributed by atoms with van der Waals surface area (Å²) in [5, 5.41) is 0. The van der Waals surface area contributed by atoms with E-state index in [4.69, 9.17) is 39.5 Å². The van der Waals surface area contributed by atoms with E-state index in [1.165, 1.54) is 12.1 Å². The first-order valence-corrected chi connectivity index (χ1v) is 13.4. The van der Waals surface area contributed by atoms with Crippen LogP contribution in [0.4, 0.5) is 0 Å². The van der Waals surface area contributed by atoms with E-state index in [0.717, 1.165) is 43.7 Å². The van der Waals surface area contributed by atoms with Gasteiger partial charge in [-0.05, 0) is 31.9 Å². The predicted octanol–water partition coefficient (Wildman–Crippen LogP) is 3.58. The monoisotopic (exact) mass is 510 g/mol. The van der Waals surface area contributed by atoms with Crippen LogP contribution in [0.15, 0.2) is 29.2 Å². The van der Waals surface area contributed by atoms with Crippen LogP contribution in [0.25, 0.3) is 0 Å². The van der Waals surface area contributed by atoms with Gasteiger partial charge in [0, 0.05) is 12.5 Å². The molecule has 0 heterocycles. The van der Waals surface area contributed by atoms with Gasteiger partial charge in [-0.15, -0.1) is 11.6 Å². The van der Waals surface area contributed by atoms with E-state index >= 15 is 0 Å². The van der Waals surface area contributed by atoms with E-state index in [1.54, 1.807) is 12.1 Å². The first-order chi connectivity index (χ1) is 16.1. The molecule has 33 heavy (non-hydrogen) atoms. The molecular weight excluding hydrogens is 472 g/mol. The van der Waals surface area contributed by atoms with Gasteiger partial charge in [0.25, 0.3) is 10.1 Å². The van der Waals surface area contributed by atoms with Gasteiger partial charge in [0.2, 0.25) is 0 Å². The van der Waals surface area contributed by atoms with Crippen molar-refractivity contribution in [3.8, 4) is 0 Å². The van der Waals surface area contributed by atoms with Gasteiger partial charge in [0.05, 0.1) is 71.0 Å². The Bertz CT molecular complexity index is 670. The van der Waals surface area contributed by atoms with Crippen LogP contribution in [0.3, 0.4) is 0 Å². The highest BCUT2D eigenvalue weighted by atomic mass is 35.5. The summed E-state index contributed by atoms with van der Waals surface area (Å²) in [6, 6.07) is 6.50. The molecule has 0 aliphatic rings. The molecular formula is C23H39ClO8S. The lowest BCUT2D eigenvalue weighted by molar-refractivity contribution is -0.0127. The van der Waals surface area contributed by atoms with E-state index in [0.29, 0.717) is 52.9 Å². The Balaban J connectivity index is 1.79. The number of aryl methyl sites for hydroxylation is 1. The maximum atomic E-state index is 12.0. The minimum atomic E-state index is -3.75. The van der Waals surface area contributed by atoms with Gasteiger partial charge in [0.15, 0.2) is 0 Å². The Morgan fingerprint density at radius 2 is 1.03 bits per heavy atom. The molecule has 0 fully saturated rings. The number of rotatable bonds is 23. The largest absolute Gasteiger partial charge is 0.379 e. The summed E-state index contributed by atoms with van der Waals surface area (Å²) in [6.07, 6.45) is 4.45. The summed E-state index contributed by atoms with van der Waals surface area (Å²) >= 11 is 5.63. The molecule has 0 bridgehead atoms. The summed E-state index contributed by atoms with van der Waals surface area (Å²) in [6.45, 7) is 6.64. The standard InChI is InChI=1S/C23H39ClO8S/c1-22-6-8-23(9-7-22)33(25,26)32-21-20-31-19-18-30-17-16-29-15-14-28-13-12-27-11-5-3-2-4-10-24/h6-9H,2-5,10-21H2,1H3. The molecule has 0 aromatic heterocycles. The van der Waals surface area contributed by atoms with Crippen LogP contribution >= 0.6 is 11.6 Å². The fraction of sp³-hybridized carbons (Fsp3) is 0.739. The third kappa shape index (κ3) is 17.3. The van der Waals surface area contributed by atoms with Crippen LogP contribution in [0.1, 0.15) is 31.2 Å². The second-order valence-corrected chi connectivity index (χ2v) is 9.25. The highest BCUT2D eigenvalue weighted by Crippen LogP contribution is 2.12. The summed E-state index contributed by atoms with van der Waals surface area (Å²) in [7, 11) is -3.75. The Morgan fingerprint density at radius 1 is 0.606 bits per heavy atom. The first-order valence-electron chi connectivity index (χ1n) is 11.5. The summed E-state index contributed by atoms with van der Waals surface area (Å²) in [4.78, 5) is 0.139. The molecule has 0 spiro atoms. The van der Waals surface area contributed by atoms with Crippen molar-refractivity contribution < 1.29 is 36.3 Å². The molecule has 0 aliphatic heterocycles. The van der Waals surface area contributed by atoms with E-state index in [9.17, 15) is 8.42 Å². The average molecular weight is 511 g/mol. The third-order valence-corrected chi connectivity index (χ3v) is 6.03. The van der Waals surface area contributed by atoms with Gasteiger partial charge in [-0.2, -0.15) is 8.42 Å². The lowest BCUT2D eigenvalue weighted by atomic mass is 10.2. The van der Waals surface area contributed by atoms with Crippen LogP contribution in [-0.4, -0.2) is 87.0 Å². The molecule has 8 nitrogen and oxygen atoms in total. The molecule has 0 N–H and O–H groups in total. The number of benzene rings is 1. The van der Waals surface area contributed by atoms with Gasteiger partial charge in [-0.3, -0.25) is 4.18 Å². The second kappa shape index (κ2) is 20.6. The Morgan fingerprint density at radius 3 is 1.52 bits per heavy atom. The van der Waals surface area contributed by atoms with Gasteiger partial charge < -0.3 is 23.7 Å². The number of hydrogen-bond acceptors (Lipinski definition) is 8. The Labute approximate surface area is 203 Å². The average Bonchev–Trinajstić information content (AvgIpc) is 2.80. The normalized spacial score (nSPS) is 11.8. The molecule has 0 saturated heterocycles. The number of unbranched alkanes of at least 4 members (excludes halogenated alkanes) is 3. The molecule has 0 saturated carbocycles. The number of halogens is 1. The van der Waals surface area contributed by atoms with Crippen LogP contribution in [-0.2, 0) is 38.0 Å². The SMILES string of the molecule is Cc1ccc(S(=O)(=O)OCCOCCOCCOCCOCCOCCCCCCCl)cc1. The lowest BCUT2D eigenvalue weighted by Gasteiger charge is -2.08. The topological polar surface area (TPSA) is 89.5 Å². The summed E-state index contributed by atoms with van der Waals surface area (Å²) < 4.78 is 56.0. The predicted molar refractivity (Wildman–Crippen MR) is 128 cm³/mol. The van der Waals surface area contributed by atoms with E-state index in [2.05, 4.69) is 0 Å². The van der Waals surface area contributed by atoms with Crippen LogP contribution in [0.2, 0.25) is 0 Å². The lowest BCUT2D eigenvalue weighted by Crippen LogP contribution is -2.15. The molecule has 10 heteroatoms. The highest BCUT2D eigenvalue weighted by Gasteiger charge is 2.14. The smallest absolute Gasteiger partial charge is 0.297 e. The molecule has 0 unspecified atom stereocenters. The quantitative estimate of drug-likeness (QED) is 0.125. The first kappa shape index (κ1) is 30.3. The third-order valence-electron chi connectivity index (χ3n) is 4.44. The van der Waals surface area contributed by atoms with Crippen molar-refractivity contribution >= 4 is 21.7 Å². The molecule has 0 atom stereocenters. The van der Waals surface area contributed by atoms with Crippen molar-refractivity contribution in [3.63, 3.8) is 0 Å². The van der Waals surface area contributed by atoms with Gasteiger partial charge >= 0.3 is 0 Å². The van der Waals surface area contributed by atoms with E-state index < -0.39 is 10.1 Å². The van der Waals surface area contributed by atoms with Crippen molar-refractivity contribution in [3.05, 3.63) is 29.8 Å². The fourth-order valence-corrected chi connectivity index (χ4v) is 3.69. The molecule has 192 valence electrons. The Kier molecular flexibility index (Phi) is 18.9. The zero-order valence-corrected chi connectivity index (χ0v) is 21.2. The van der Waals surface area contributed by atoms with Crippen molar-refractivity contribution in [1.82, 2.24) is 0 Å². The minimum absolute atomic E-state index is 0.0427. The zero-order chi connectivity index (χ0) is 24.0. The maximum Gasteiger partial charge on any atom is 0.297 e.